The third-order valence-electron chi connectivity index (χ3n) is 2.64. The fraction of sp³-hybridized carbons (Fsp3) is 0.333. The van der Waals surface area contributed by atoms with Crippen LogP contribution in [0.4, 0.5) is 0 Å². The van der Waals surface area contributed by atoms with E-state index in [-0.39, 0.29) is 5.78 Å². The van der Waals surface area contributed by atoms with Gasteiger partial charge in [-0.2, -0.15) is 0 Å². The summed E-state index contributed by atoms with van der Waals surface area (Å²) < 4.78 is 9.71. The molecule has 1 aliphatic rings. The van der Waals surface area contributed by atoms with Crippen molar-refractivity contribution >= 4 is 23.5 Å². The first-order valence-electron chi connectivity index (χ1n) is 5.08. The van der Waals surface area contributed by atoms with E-state index in [1.165, 1.54) is 18.9 Å². The van der Waals surface area contributed by atoms with E-state index in [2.05, 4.69) is 4.74 Å². The highest BCUT2D eigenvalue weighted by Crippen LogP contribution is 2.32. The fourth-order valence-corrected chi connectivity index (χ4v) is 2.82. The Balaban J connectivity index is 2.33. The van der Waals surface area contributed by atoms with Crippen LogP contribution in [0.3, 0.4) is 0 Å². The number of benzene rings is 1. The van der Waals surface area contributed by atoms with E-state index < -0.39 is 11.2 Å². The minimum absolute atomic E-state index is 0.189. The van der Waals surface area contributed by atoms with Gasteiger partial charge in [0.1, 0.15) is 5.75 Å². The maximum absolute atomic E-state index is 12.1. The van der Waals surface area contributed by atoms with Crippen LogP contribution in [0.15, 0.2) is 18.2 Å². The summed E-state index contributed by atoms with van der Waals surface area (Å²) in [5.74, 6) is 0.652. The van der Waals surface area contributed by atoms with E-state index in [0.29, 0.717) is 17.1 Å². The van der Waals surface area contributed by atoms with E-state index in [0.717, 1.165) is 5.56 Å². The molecule has 1 aliphatic heterocycles. The Morgan fingerprint density at radius 2 is 2.18 bits per heavy atom. The zero-order chi connectivity index (χ0) is 12.4. The van der Waals surface area contributed by atoms with Gasteiger partial charge in [-0.3, -0.25) is 9.59 Å². The molecule has 0 aromatic heterocycles. The summed E-state index contributed by atoms with van der Waals surface area (Å²) in [6, 6.07) is 5.25. The lowest BCUT2D eigenvalue weighted by Crippen LogP contribution is -2.32. The molecule has 0 fully saturated rings. The predicted molar refractivity (Wildman–Crippen MR) is 64.4 cm³/mol. The normalized spacial score (nSPS) is 18.5. The van der Waals surface area contributed by atoms with Crippen LogP contribution in [0.2, 0.25) is 0 Å². The lowest BCUT2D eigenvalue weighted by Gasteiger charge is -2.21. The standard InChI is InChI=1S/C12H12O4S/c1-15-8-3-4-9-7(5-8)6-17-11(10(9)13)12(14)16-2/h3-5,11H,6H2,1-2H3. The van der Waals surface area contributed by atoms with Gasteiger partial charge < -0.3 is 9.47 Å². The molecule has 0 saturated heterocycles. The lowest BCUT2D eigenvalue weighted by molar-refractivity contribution is -0.138. The Bertz CT molecular complexity index is 470. The van der Waals surface area contributed by atoms with E-state index in [1.54, 1.807) is 19.2 Å². The predicted octanol–water partition coefficient (Wildman–Crippen LogP) is 1.67. The van der Waals surface area contributed by atoms with Crippen molar-refractivity contribution in [2.75, 3.05) is 14.2 Å². The minimum Gasteiger partial charge on any atom is -0.497 e. The molecule has 1 heterocycles. The minimum atomic E-state index is -0.735. The summed E-state index contributed by atoms with van der Waals surface area (Å²) in [5.41, 5.74) is 1.49. The lowest BCUT2D eigenvalue weighted by atomic mass is 10.0. The number of ketones is 1. The number of Topliss-reactive ketones (excluding diaryl/α,β-unsaturated/α-hetero) is 1. The van der Waals surface area contributed by atoms with Crippen LogP contribution in [-0.4, -0.2) is 31.2 Å². The Labute approximate surface area is 103 Å². The number of fused-ring (bicyclic) bond motifs is 1. The number of carbonyl (C=O) groups is 2. The Morgan fingerprint density at radius 1 is 1.41 bits per heavy atom. The molecule has 1 unspecified atom stereocenters. The average molecular weight is 252 g/mol. The maximum Gasteiger partial charge on any atom is 0.326 e. The number of methoxy groups -OCH3 is 2. The van der Waals surface area contributed by atoms with E-state index >= 15 is 0 Å². The second-order valence-electron chi connectivity index (χ2n) is 3.60. The topological polar surface area (TPSA) is 52.6 Å². The highest BCUT2D eigenvalue weighted by molar-refractivity contribution is 8.00. The maximum atomic E-state index is 12.1. The smallest absolute Gasteiger partial charge is 0.326 e. The summed E-state index contributed by atoms with van der Waals surface area (Å²) in [6.45, 7) is 0. The van der Waals surface area contributed by atoms with Crippen molar-refractivity contribution in [2.45, 2.75) is 11.0 Å². The number of rotatable bonds is 2. The zero-order valence-corrected chi connectivity index (χ0v) is 10.4. The van der Waals surface area contributed by atoms with Gasteiger partial charge in [0.2, 0.25) is 0 Å². The number of hydrogen-bond acceptors (Lipinski definition) is 5. The quantitative estimate of drug-likeness (QED) is 0.592. The van der Waals surface area contributed by atoms with Gasteiger partial charge >= 0.3 is 5.97 Å². The van der Waals surface area contributed by atoms with Crippen LogP contribution in [0.5, 0.6) is 5.75 Å². The third-order valence-corrected chi connectivity index (χ3v) is 3.85. The van der Waals surface area contributed by atoms with Gasteiger partial charge in [-0.15, -0.1) is 11.8 Å². The Hall–Kier alpha value is -1.49. The molecule has 0 bridgehead atoms. The van der Waals surface area contributed by atoms with Crippen molar-refractivity contribution in [3.8, 4) is 5.75 Å². The number of hydrogen-bond donors (Lipinski definition) is 0. The molecular formula is C12H12O4S. The van der Waals surface area contributed by atoms with Gasteiger partial charge in [0.15, 0.2) is 11.0 Å². The fourth-order valence-electron chi connectivity index (χ4n) is 1.73. The molecule has 0 N–H and O–H groups in total. The number of esters is 1. The second kappa shape index (κ2) is 4.79. The number of thioether (sulfide) groups is 1. The van der Waals surface area contributed by atoms with Crippen molar-refractivity contribution in [3.63, 3.8) is 0 Å². The first-order valence-corrected chi connectivity index (χ1v) is 6.13. The highest BCUT2D eigenvalue weighted by Gasteiger charge is 2.34. The summed E-state index contributed by atoms with van der Waals surface area (Å²) in [6.07, 6.45) is 0. The number of carbonyl (C=O) groups excluding carboxylic acids is 2. The highest BCUT2D eigenvalue weighted by atomic mass is 32.2. The Kier molecular flexibility index (Phi) is 3.38. The van der Waals surface area contributed by atoms with Crippen LogP contribution in [-0.2, 0) is 15.3 Å². The van der Waals surface area contributed by atoms with Crippen molar-refractivity contribution in [1.29, 1.82) is 0 Å². The van der Waals surface area contributed by atoms with Gasteiger partial charge in [0.25, 0.3) is 0 Å². The van der Waals surface area contributed by atoms with Crippen LogP contribution < -0.4 is 4.74 Å². The first kappa shape index (κ1) is 12.0. The van der Waals surface area contributed by atoms with E-state index in [4.69, 9.17) is 4.74 Å². The molecule has 2 rings (SSSR count). The van der Waals surface area contributed by atoms with Crippen molar-refractivity contribution in [2.24, 2.45) is 0 Å². The second-order valence-corrected chi connectivity index (χ2v) is 4.69. The molecule has 4 nitrogen and oxygen atoms in total. The van der Waals surface area contributed by atoms with Gasteiger partial charge in [-0.05, 0) is 23.8 Å². The third kappa shape index (κ3) is 2.15. The Morgan fingerprint density at radius 3 is 2.82 bits per heavy atom. The van der Waals surface area contributed by atoms with Crippen LogP contribution in [0, 0.1) is 0 Å². The van der Waals surface area contributed by atoms with Crippen molar-refractivity contribution in [3.05, 3.63) is 29.3 Å². The summed E-state index contributed by atoms with van der Waals surface area (Å²) in [5, 5.41) is -0.735. The average Bonchev–Trinajstić information content (AvgIpc) is 2.38. The summed E-state index contributed by atoms with van der Waals surface area (Å²) >= 11 is 1.29. The molecule has 0 aliphatic carbocycles. The van der Waals surface area contributed by atoms with E-state index in [1.807, 2.05) is 6.07 Å². The van der Waals surface area contributed by atoms with Gasteiger partial charge in [-0.25, -0.2) is 0 Å². The van der Waals surface area contributed by atoms with Crippen molar-refractivity contribution in [1.82, 2.24) is 0 Å². The number of ether oxygens (including phenoxy) is 2. The largest absolute Gasteiger partial charge is 0.497 e. The van der Waals surface area contributed by atoms with Gasteiger partial charge in [0, 0.05) is 11.3 Å². The molecule has 1 aromatic carbocycles. The molecule has 17 heavy (non-hydrogen) atoms. The van der Waals surface area contributed by atoms with Gasteiger partial charge in [0.05, 0.1) is 14.2 Å². The summed E-state index contributed by atoms with van der Waals surface area (Å²) in [7, 11) is 2.87. The molecule has 0 amide bonds. The van der Waals surface area contributed by atoms with Crippen LogP contribution >= 0.6 is 11.8 Å². The molecule has 5 heteroatoms. The van der Waals surface area contributed by atoms with E-state index in [9.17, 15) is 9.59 Å². The van der Waals surface area contributed by atoms with Crippen molar-refractivity contribution < 1.29 is 19.1 Å². The molecule has 1 aromatic rings. The summed E-state index contributed by atoms with van der Waals surface area (Å²) in [4.78, 5) is 23.5. The van der Waals surface area contributed by atoms with Crippen LogP contribution in [0.25, 0.3) is 0 Å². The molecule has 0 saturated carbocycles. The molecule has 0 radical (unpaired) electrons. The first-order chi connectivity index (χ1) is 8.17. The molecular weight excluding hydrogens is 240 g/mol. The monoisotopic (exact) mass is 252 g/mol. The van der Waals surface area contributed by atoms with Crippen LogP contribution in [0.1, 0.15) is 15.9 Å². The van der Waals surface area contributed by atoms with Gasteiger partial charge in [-0.1, -0.05) is 0 Å². The zero-order valence-electron chi connectivity index (χ0n) is 9.56. The molecule has 1 atom stereocenters. The SMILES string of the molecule is COC(=O)C1SCc2cc(OC)ccc2C1=O. The molecule has 90 valence electrons. The molecule has 0 spiro atoms.